The second-order valence-corrected chi connectivity index (χ2v) is 7.22. The van der Waals surface area contributed by atoms with E-state index in [9.17, 15) is 22.8 Å². The number of benzene rings is 1. The summed E-state index contributed by atoms with van der Waals surface area (Å²) in [6.07, 6.45) is -4.67. The van der Waals surface area contributed by atoms with E-state index in [-0.39, 0.29) is 5.41 Å². The Morgan fingerprint density at radius 2 is 1.76 bits per heavy atom. The van der Waals surface area contributed by atoms with Gasteiger partial charge in [0.25, 0.3) is 0 Å². The summed E-state index contributed by atoms with van der Waals surface area (Å²) in [5.41, 5.74) is 1.07. The molecule has 0 aromatic heterocycles. The van der Waals surface area contributed by atoms with E-state index in [4.69, 9.17) is 5.11 Å². The highest BCUT2D eigenvalue weighted by Crippen LogP contribution is 2.38. The van der Waals surface area contributed by atoms with Crippen LogP contribution in [-0.2, 0) is 10.2 Å². The molecule has 1 aromatic rings. The van der Waals surface area contributed by atoms with Gasteiger partial charge in [-0.15, -0.1) is 0 Å². The number of anilines is 1. The van der Waals surface area contributed by atoms with Crippen LogP contribution in [0, 0.1) is 11.8 Å². The van der Waals surface area contributed by atoms with Crippen molar-refractivity contribution in [2.75, 3.05) is 18.4 Å². The molecule has 1 saturated heterocycles. The molecule has 0 aliphatic carbocycles. The zero-order valence-electron chi connectivity index (χ0n) is 14.2. The number of para-hydroxylation sites is 1. The molecule has 138 valence electrons. The number of likely N-dealkylation sites (tertiary alicyclic amines) is 1. The van der Waals surface area contributed by atoms with Crippen molar-refractivity contribution in [3.63, 3.8) is 0 Å². The summed E-state index contributed by atoms with van der Waals surface area (Å²) in [5.74, 6) is -5.26. The van der Waals surface area contributed by atoms with Crippen LogP contribution in [0.5, 0.6) is 0 Å². The first-order valence-corrected chi connectivity index (χ1v) is 7.86. The van der Waals surface area contributed by atoms with Crippen LogP contribution in [0.25, 0.3) is 0 Å². The van der Waals surface area contributed by atoms with Gasteiger partial charge in [-0.05, 0) is 17.0 Å². The van der Waals surface area contributed by atoms with Crippen molar-refractivity contribution in [1.82, 2.24) is 4.90 Å². The number of carboxylic acids is 1. The number of carbonyl (C=O) groups excluding carboxylic acids is 1. The number of carbonyl (C=O) groups is 2. The number of nitrogens with one attached hydrogen (secondary N) is 1. The van der Waals surface area contributed by atoms with Crippen LogP contribution >= 0.6 is 0 Å². The highest BCUT2D eigenvalue weighted by Gasteiger charge is 2.53. The molecule has 1 aromatic carbocycles. The Kier molecular flexibility index (Phi) is 5.02. The second-order valence-electron chi connectivity index (χ2n) is 7.22. The molecule has 1 aliphatic rings. The normalized spacial score (nSPS) is 21.3. The molecule has 0 radical (unpaired) electrons. The fourth-order valence-electron chi connectivity index (χ4n) is 2.99. The summed E-state index contributed by atoms with van der Waals surface area (Å²) in [6.45, 7) is 4.73. The molecule has 0 unspecified atom stereocenters. The Balaban J connectivity index is 2.19. The molecule has 0 saturated carbocycles. The number of urea groups is 1. The average molecular weight is 358 g/mol. The predicted octanol–water partition coefficient (Wildman–Crippen LogP) is 3.71. The Bertz CT molecular complexity index is 668. The molecule has 1 heterocycles. The van der Waals surface area contributed by atoms with Gasteiger partial charge in [-0.3, -0.25) is 4.79 Å². The van der Waals surface area contributed by atoms with Crippen LogP contribution in [0.4, 0.5) is 23.7 Å². The summed E-state index contributed by atoms with van der Waals surface area (Å²) in [7, 11) is 0. The van der Waals surface area contributed by atoms with Crippen molar-refractivity contribution < 1.29 is 27.9 Å². The third-order valence-electron chi connectivity index (χ3n) is 4.32. The average Bonchev–Trinajstić information content (AvgIpc) is 2.92. The van der Waals surface area contributed by atoms with E-state index in [1.54, 1.807) is 12.1 Å². The minimum absolute atomic E-state index is 0.271. The van der Waals surface area contributed by atoms with E-state index in [1.165, 1.54) is 0 Å². The number of hydrogen-bond donors (Lipinski definition) is 2. The molecule has 2 N–H and O–H groups in total. The number of halogens is 3. The molecule has 5 nitrogen and oxygen atoms in total. The first kappa shape index (κ1) is 19.1. The Morgan fingerprint density at radius 1 is 1.16 bits per heavy atom. The van der Waals surface area contributed by atoms with Gasteiger partial charge in [-0.1, -0.05) is 39.0 Å². The molecular formula is C17H21F3N2O3. The third-order valence-corrected chi connectivity index (χ3v) is 4.32. The van der Waals surface area contributed by atoms with Gasteiger partial charge in [0, 0.05) is 18.8 Å². The van der Waals surface area contributed by atoms with E-state index >= 15 is 0 Å². The van der Waals surface area contributed by atoms with Gasteiger partial charge in [0.1, 0.15) is 0 Å². The van der Waals surface area contributed by atoms with Crippen LogP contribution in [0.15, 0.2) is 24.3 Å². The molecule has 8 heteroatoms. The molecule has 2 rings (SSSR count). The molecular weight excluding hydrogens is 337 g/mol. The Morgan fingerprint density at radius 3 is 2.24 bits per heavy atom. The SMILES string of the molecule is CC(C)(C)c1ccccc1NC(=O)N1C[C@@H](C(F)(F)F)[C@H](C(=O)O)C1. The number of aliphatic carboxylic acids is 1. The number of alkyl halides is 3. The minimum Gasteiger partial charge on any atom is -0.481 e. The summed E-state index contributed by atoms with van der Waals surface area (Å²) >= 11 is 0. The van der Waals surface area contributed by atoms with Crippen molar-refractivity contribution in [3.8, 4) is 0 Å². The summed E-state index contributed by atoms with van der Waals surface area (Å²) < 4.78 is 39.1. The maximum atomic E-state index is 13.0. The molecule has 1 fully saturated rings. The van der Waals surface area contributed by atoms with E-state index in [2.05, 4.69) is 5.32 Å². The zero-order valence-corrected chi connectivity index (χ0v) is 14.2. The number of hydrogen-bond acceptors (Lipinski definition) is 2. The van der Waals surface area contributed by atoms with Gasteiger partial charge in [-0.2, -0.15) is 13.2 Å². The highest BCUT2D eigenvalue weighted by molar-refractivity contribution is 5.91. The van der Waals surface area contributed by atoms with Crippen LogP contribution in [0.3, 0.4) is 0 Å². The van der Waals surface area contributed by atoms with E-state index in [0.717, 1.165) is 10.5 Å². The lowest BCUT2D eigenvalue weighted by molar-refractivity contribution is -0.187. The number of amides is 2. The first-order valence-electron chi connectivity index (χ1n) is 7.86. The minimum atomic E-state index is -4.67. The monoisotopic (exact) mass is 358 g/mol. The van der Waals surface area contributed by atoms with Crippen molar-refractivity contribution >= 4 is 17.7 Å². The van der Waals surface area contributed by atoms with E-state index < -0.39 is 43.1 Å². The van der Waals surface area contributed by atoms with Gasteiger partial charge >= 0.3 is 18.2 Å². The smallest absolute Gasteiger partial charge is 0.394 e. The molecule has 25 heavy (non-hydrogen) atoms. The lowest BCUT2D eigenvalue weighted by Crippen LogP contribution is -2.35. The largest absolute Gasteiger partial charge is 0.481 e. The third kappa shape index (κ3) is 4.24. The molecule has 1 aliphatic heterocycles. The zero-order chi connectivity index (χ0) is 19.0. The number of rotatable bonds is 2. The summed E-state index contributed by atoms with van der Waals surface area (Å²) in [4.78, 5) is 24.4. The second kappa shape index (κ2) is 6.57. The van der Waals surface area contributed by atoms with E-state index in [0.29, 0.717) is 5.69 Å². The summed E-state index contributed by atoms with van der Waals surface area (Å²) in [5, 5.41) is 11.6. The number of carboxylic acid groups (broad SMARTS) is 1. The van der Waals surface area contributed by atoms with Crippen LogP contribution in [-0.4, -0.2) is 41.3 Å². The molecule has 2 amide bonds. The van der Waals surface area contributed by atoms with Gasteiger partial charge in [0.15, 0.2) is 0 Å². The van der Waals surface area contributed by atoms with Crippen LogP contribution < -0.4 is 5.32 Å². The lowest BCUT2D eigenvalue weighted by atomic mass is 9.86. The van der Waals surface area contributed by atoms with Crippen molar-refractivity contribution in [2.45, 2.75) is 32.4 Å². The van der Waals surface area contributed by atoms with Crippen molar-refractivity contribution in [2.24, 2.45) is 11.8 Å². The fraction of sp³-hybridized carbons (Fsp3) is 0.529. The summed E-state index contributed by atoms with van der Waals surface area (Å²) in [6, 6.07) is 6.30. The van der Waals surface area contributed by atoms with Crippen molar-refractivity contribution in [1.29, 1.82) is 0 Å². The predicted molar refractivity (Wildman–Crippen MR) is 86.4 cm³/mol. The molecule has 0 spiro atoms. The van der Waals surface area contributed by atoms with Gasteiger partial charge in [0.2, 0.25) is 0 Å². The number of nitrogens with zero attached hydrogens (tertiary/aromatic N) is 1. The van der Waals surface area contributed by atoms with Gasteiger partial charge in [-0.25, -0.2) is 4.79 Å². The van der Waals surface area contributed by atoms with Crippen LogP contribution in [0.2, 0.25) is 0 Å². The Labute approximate surface area is 143 Å². The molecule has 0 bridgehead atoms. The first-order chi connectivity index (χ1) is 11.4. The highest BCUT2D eigenvalue weighted by atomic mass is 19.4. The van der Waals surface area contributed by atoms with Crippen LogP contribution in [0.1, 0.15) is 26.3 Å². The maximum absolute atomic E-state index is 13.0. The fourth-order valence-corrected chi connectivity index (χ4v) is 2.99. The topological polar surface area (TPSA) is 69.6 Å². The quantitative estimate of drug-likeness (QED) is 0.847. The maximum Gasteiger partial charge on any atom is 0.394 e. The standard InChI is InChI=1S/C17H21F3N2O3/c1-16(2,3)11-6-4-5-7-13(11)21-15(25)22-8-10(14(23)24)12(9-22)17(18,19)20/h4-7,10,12H,8-9H2,1-3H3,(H,21,25)(H,23,24)/t10-,12-/m1/s1. The van der Waals surface area contributed by atoms with Gasteiger partial charge in [0.05, 0.1) is 11.8 Å². The lowest BCUT2D eigenvalue weighted by Gasteiger charge is -2.25. The Hall–Kier alpha value is -2.25. The van der Waals surface area contributed by atoms with E-state index in [1.807, 2.05) is 32.9 Å². The van der Waals surface area contributed by atoms with Crippen molar-refractivity contribution in [3.05, 3.63) is 29.8 Å². The molecule has 2 atom stereocenters. The van der Waals surface area contributed by atoms with Gasteiger partial charge < -0.3 is 15.3 Å².